The Kier molecular flexibility index (Phi) is 4.98. The monoisotopic (exact) mass is 294 g/mol. The van der Waals surface area contributed by atoms with E-state index < -0.39 is 0 Å². The van der Waals surface area contributed by atoms with Crippen molar-refractivity contribution in [1.82, 2.24) is 20.8 Å². The molecule has 20 heavy (non-hydrogen) atoms. The molecule has 2 aromatic rings. The number of fused-ring (bicyclic) bond motifs is 1. The van der Waals surface area contributed by atoms with E-state index in [0.717, 1.165) is 30.4 Å². The number of aromatic nitrogens is 2. The topological polar surface area (TPSA) is 69.8 Å². The lowest BCUT2D eigenvalue weighted by Crippen LogP contribution is -2.26. The van der Waals surface area contributed by atoms with Crippen LogP contribution in [0, 0.1) is 5.92 Å². The molecule has 1 fully saturated rings. The van der Waals surface area contributed by atoms with Crippen LogP contribution in [-0.2, 0) is 0 Å². The number of amides is 1. The van der Waals surface area contributed by atoms with E-state index in [0.29, 0.717) is 18.2 Å². The molecule has 1 aromatic heterocycles. The summed E-state index contributed by atoms with van der Waals surface area (Å²) in [5.74, 6) is 0.597. The minimum atomic E-state index is -0.0941. The van der Waals surface area contributed by atoms with Gasteiger partial charge in [0.05, 0.1) is 5.52 Å². The number of aromatic amines is 1. The third-order valence-corrected chi connectivity index (χ3v) is 3.69. The molecule has 0 aliphatic carbocycles. The smallest absolute Gasteiger partial charge is 0.272 e. The molecule has 1 amide bonds. The van der Waals surface area contributed by atoms with Gasteiger partial charge in [-0.1, -0.05) is 18.2 Å². The molecule has 3 rings (SSSR count). The molecular weight excluding hydrogens is 276 g/mol. The molecule has 0 spiro atoms. The van der Waals surface area contributed by atoms with Crippen LogP contribution < -0.4 is 10.6 Å². The zero-order chi connectivity index (χ0) is 13.1. The van der Waals surface area contributed by atoms with Crippen LogP contribution in [0.25, 0.3) is 10.9 Å². The van der Waals surface area contributed by atoms with Crippen LogP contribution in [-0.4, -0.2) is 35.7 Å². The van der Waals surface area contributed by atoms with E-state index in [1.807, 2.05) is 24.3 Å². The Labute approximate surface area is 123 Å². The van der Waals surface area contributed by atoms with Gasteiger partial charge in [0.2, 0.25) is 0 Å². The average molecular weight is 295 g/mol. The molecule has 2 heterocycles. The number of carbonyl (C=O) groups is 1. The molecule has 1 aromatic carbocycles. The van der Waals surface area contributed by atoms with E-state index in [1.54, 1.807) is 0 Å². The van der Waals surface area contributed by atoms with Gasteiger partial charge in [-0.15, -0.1) is 12.4 Å². The highest BCUT2D eigenvalue weighted by Crippen LogP contribution is 2.15. The van der Waals surface area contributed by atoms with Crippen LogP contribution in [0.1, 0.15) is 23.3 Å². The second-order valence-electron chi connectivity index (χ2n) is 5.02. The molecule has 0 radical (unpaired) electrons. The average Bonchev–Trinajstić information content (AvgIpc) is 3.07. The van der Waals surface area contributed by atoms with Crippen LogP contribution in [0.5, 0.6) is 0 Å². The predicted molar refractivity (Wildman–Crippen MR) is 81.3 cm³/mol. The highest BCUT2D eigenvalue weighted by molar-refractivity contribution is 6.04. The minimum absolute atomic E-state index is 0. The summed E-state index contributed by atoms with van der Waals surface area (Å²) in [6.07, 6.45) is 2.24. The molecule has 1 aliphatic rings. The van der Waals surface area contributed by atoms with Crippen molar-refractivity contribution in [1.29, 1.82) is 0 Å². The highest BCUT2D eigenvalue weighted by Gasteiger charge is 2.16. The molecule has 3 N–H and O–H groups in total. The first-order valence-electron chi connectivity index (χ1n) is 6.76. The van der Waals surface area contributed by atoms with Gasteiger partial charge in [0.15, 0.2) is 5.69 Å². The molecule has 1 saturated heterocycles. The molecule has 108 valence electrons. The maximum Gasteiger partial charge on any atom is 0.272 e. The largest absolute Gasteiger partial charge is 0.351 e. The van der Waals surface area contributed by atoms with Crippen molar-refractivity contribution in [3.63, 3.8) is 0 Å². The first-order valence-corrected chi connectivity index (χ1v) is 6.76. The summed E-state index contributed by atoms with van der Waals surface area (Å²) in [5, 5.41) is 14.1. The standard InChI is InChI=1S/C14H18N4O.ClH/c19-14(16-8-6-10-5-7-15-9-10)13-11-3-1-2-4-12(11)17-18-13;/h1-4,10,15H,5-9H2,(H,16,19)(H,17,18);1H. The van der Waals surface area contributed by atoms with Gasteiger partial charge in [-0.3, -0.25) is 9.89 Å². The summed E-state index contributed by atoms with van der Waals surface area (Å²) in [5.41, 5.74) is 1.38. The van der Waals surface area contributed by atoms with Crippen molar-refractivity contribution in [3.8, 4) is 0 Å². The molecule has 5 nitrogen and oxygen atoms in total. The van der Waals surface area contributed by atoms with Crippen molar-refractivity contribution >= 4 is 29.2 Å². The lowest BCUT2D eigenvalue weighted by Gasteiger charge is -2.08. The van der Waals surface area contributed by atoms with Crippen LogP contribution >= 0.6 is 12.4 Å². The van der Waals surface area contributed by atoms with Gasteiger partial charge in [0.25, 0.3) is 5.91 Å². The van der Waals surface area contributed by atoms with Crippen LogP contribution in [0.2, 0.25) is 0 Å². The number of nitrogens with one attached hydrogen (secondary N) is 3. The van der Waals surface area contributed by atoms with Crippen molar-refractivity contribution in [2.75, 3.05) is 19.6 Å². The molecule has 6 heteroatoms. The fraction of sp³-hybridized carbons (Fsp3) is 0.429. The van der Waals surface area contributed by atoms with E-state index in [-0.39, 0.29) is 18.3 Å². The number of nitrogens with zero attached hydrogens (tertiary/aromatic N) is 1. The summed E-state index contributed by atoms with van der Waals surface area (Å²) in [6.45, 7) is 2.89. The second-order valence-corrected chi connectivity index (χ2v) is 5.02. The normalized spacial score (nSPS) is 17.9. The Hall–Kier alpha value is -1.59. The molecule has 1 aliphatic heterocycles. The first kappa shape index (κ1) is 14.8. The van der Waals surface area contributed by atoms with E-state index >= 15 is 0 Å². The minimum Gasteiger partial charge on any atom is -0.351 e. The van der Waals surface area contributed by atoms with Gasteiger partial charge in [-0.05, 0) is 37.9 Å². The van der Waals surface area contributed by atoms with Gasteiger partial charge in [0, 0.05) is 11.9 Å². The lowest BCUT2D eigenvalue weighted by molar-refractivity contribution is 0.0948. The highest BCUT2D eigenvalue weighted by atomic mass is 35.5. The van der Waals surface area contributed by atoms with Gasteiger partial charge in [0.1, 0.15) is 0 Å². The summed E-state index contributed by atoms with van der Waals surface area (Å²) in [6, 6.07) is 7.67. The number of hydrogen-bond donors (Lipinski definition) is 3. The van der Waals surface area contributed by atoms with Gasteiger partial charge in [-0.2, -0.15) is 5.10 Å². The SMILES string of the molecule is Cl.O=C(NCCC1CCNC1)c1n[nH]c2ccccc12. The Morgan fingerprint density at radius 3 is 3.05 bits per heavy atom. The number of rotatable bonds is 4. The van der Waals surface area contributed by atoms with E-state index in [1.165, 1.54) is 6.42 Å². The summed E-state index contributed by atoms with van der Waals surface area (Å²) >= 11 is 0. The third kappa shape index (κ3) is 3.11. The Balaban J connectivity index is 0.00000147. The number of hydrogen-bond acceptors (Lipinski definition) is 3. The van der Waals surface area contributed by atoms with Crippen LogP contribution in [0.15, 0.2) is 24.3 Å². The number of benzene rings is 1. The Bertz CT molecular complexity index is 577. The van der Waals surface area contributed by atoms with Crippen molar-refractivity contribution in [2.24, 2.45) is 5.92 Å². The molecule has 0 saturated carbocycles. The van der Waals surface area contributed by atoms with Crippen LogP contribution in [0.3, 0.4) is 0 Å². The molecule has 1 atom stereocenters. The number of H-pyrrole nitrogens is 1. The number of carbonyl (C=O) groups excluding carboxylic acids is 1. The van der Waals surface area contributed by atoms with Crippen molar-refractivity contribution in [3.05, 3.63) is 30.0 Å². The summed E-state index contributed by atoms with van der Waals surface area (Å²) in [7, 11) is 0. The maximum atomic E-state index is 12.1. The molecular formula is C14H19ClN4O. The van der Waals surface area contributed by atoms with Gasteiger partial charge < -0.3 is 10.6 Å². The van der Waals surface area contributed by atoms with E-state index in [4.69, 9.17) is 0 Å². The zero-order valence-electron chi connectivity index (χ0n) is 11.2. The van der Waals surface area contributed by atoms with E-state index in [9.17, 15) is 4.79 Å². The Morgan fingerprint density at radius 1 is 1.40 bits per heavy atom. The second kappa shape index (κ2) is 6.72. The fourth-order valence-corrected chi connectivity index (χ4v) is 2.57. The van der Waals surface area contributed by atoms with Gasteiger partial charge >= 0.3 is 0 Å². The Morgan fingerprint density at radius 2 is 2.25 bits per heavy atom. The fourth-order valence-electron chi connectivity index (χ4n) is 2.57. The predicted octanol–water partition coefficient (Wildman–Crippen LogP) is 1.71. The first-order chi connectivity index (χ1) is 9.34. The van der Waals surface area contributed by atoms with Crippen LogP contribution in [0.4, 0.5) is 0 Å². The molecule has 1 unspecified atom stereocenters. The molecule has 0 bridgehead atoms. The summed E-state index contributed by atoms with van der Waals surface area (Å²) < 4.78 is 0. The quantitative estimate of drug-likeness (QED) is 0.804. The van der Waals surface area contributed by atoms with Crippen molar-refractivity contribution in [2.45, 2.75) is 12.8 Å². The van der Waals surface area contributed by atoms with Crippen molar-refractivity contribution < 1.29 is 4.79 Å². The lowest BCUT2D eigenvalue weighted by atomic mass is 10.1. The van der Waals surface area contributed by atoms with Gasteiger partial charge in [-0.25, -0.2) is 0 Å². The summed E-state index contributed by atoms with van der Waals surface area (Å²) in [4.78, 5) is 12.1. The van der Waals surface area contributed by atoms with E-state index in [2.05, 4.69) is 20.8 Å². The zero-order valence-corrected chi connectivity index (χ0v) is 12.0. The number of para-hydroxylation sites is 1. The number of halogens is 1. The maximum absolute atomic E-state index is 12.1. The third-order valence-electron chi connectivity index (χ3n) is 3.69.